The Bertz CT molecular complexity index is 529. The first-order valence-corrected chi connectivity index (χ1v) is 8.92. The molecule has 2 N–H and O–H groups in total. The lowest BCUT2D eigenvalue weighted by molar-refractivity contribution is -0.136. The monoisotopic (exact) mass is 357 g/mol. The van der Waals surface area contributed by atoms with E-state index in [1.807, 2.05) is 22.4 Å². The number of amides is 2. The molecule has 0 spiro atoms. The fourth-order valence-corrected chi connectivity index (χ4v) is 4.09. The third-order valence-electron chi connectivity index (χ3n) is 4.79. The molecule has 23 heavy (non-hydrogen) atoms. The average molecular weight is 358 g/mol. The Labute approximate surface area is 147 Å². The van der Waals surface area contributed by atoms with Crippen molar-refractivity contribution in [3.8, 4) is 0 Å². The van der Waals surface area contributed by atoms with E-state index in [2.05, 4.69) is 0 Å². The van der Waals surface area contributed by atoms with Gasteiger partial charge in [0, 0.05) is 19.6 Å². The number of rotatable bonds is 3. The van der Waals surface area contributed by atoms with Gasteiger partial charge in [0.1, 0.15) is 6.04 Å². The summed E-state index contributed by atoms with van der Waals surface area (Å²) < 4.78 is 0. The molecule has 3 heterocycles. The van der Waals surface area contributed by atoms with Gasteiger partial charge in [0.25, 0.3) is 5.91 Å². The van der Waals surface area contributed by atoms with E-state index in [0.29, 0.717) is 19.0 Å². The summed E-state index contributed by atoms with van der Waals surface area (Å²) in [4.78, 5) is 29.8. The van der Waals surface area contributed by atoms with Crippen molar-refractivity contribution in [3.63, 3.8) is 0 Å². The van der Waals surface area contributed by atoms with Crippen LogP contribution in [0.2, 0.25) is 0 Å². The molecule has 1 unspecified atom stereocenters. The van der Waals surface area contributed by atoms with Gasteiger partial charge in [-0.2, -0.15) is 0 Å². The van der Waals surface area contributed by atoms with Crippen molar-refractivity contribution < 1.29 is 9.59 Å². The molecule has 0 radical (unpaired) electrons. The number of thiophene rings is 1. The number of carbonyl (C=O) groups is 2. The normalized spacial score (nSPS) is 22.0. The maximum Gasteiger partial charge on any atom is 0.264 e. The molecule has 2 aliphatic heterocycles. The third-order valence-corrected chi connectivity index (χ3v) is 5.65. The van der Waals surface area contributed by atoms with E-state index < -0.39 is 0 Å². The van der Waals surface area contributed by atoms with Crippen LogP contribution in [0.1, 0.15) is 35.4 Å². The second kappa shape index (κ2) is 8.13. The van der Waals surface area contributed by atoms with Gasteiger partial charge in [-0.3, -0.25) is 9.59 Å². The lowest BCUT2D eigenvalue weighted by Gasteiger charge is -2.35. The molecule has 0 bridgehead atoms. The van der Waals surface area contributed by atoms with E-state index in [9.17, 15) is 9.59 Å². The average Bonchev–Trinajstić information content (AvgIpc) is 3.25. The van der Waals surface area contributed by atoms with Gasteiger partial charge >= 0.3 is 0 Å². The van der Waals surface area contributed by atoms with Crippen LogP contribution >= 0.6 is 23.7 Å². The van der Waals surface area contributed by atoms with Gasteiger partial charge in [0.2, 0.25) is 5.91 Å². The van der Waals surface area contributed by atoms with E-state index >= 15 is 0 Å². The second-order valence-corrected chi connectivity index (χ2v) is 7.09. The standard InChI is InChI=1S/C16H23N3O2S.ClH/c17-11-12-5-8-18(9-6-12)15(20)13-3-1-7-19(13)16(21)14-4-2-10-22-14;/h2,4,10,12-13H,1,3,5-9,11,17H2;1H. The number of hydrogen-bond acceptors (Lipinski definition) is 4. The fraction of sp³-hybridized carbons (Fsp3) is 0.625. The minimum absolute atomic E-state index is 0. The number of piperidine rings is 1. The van der Waals surface area contributed by atoms with Crippen LogP contribution in [0.3, 0.4) is 0 Å². The van der Waals surface area contributed by atoms with E-state index in [1.165, 1.54) is 11.3 Å². The molecule has 3 rings (SSSR count). The summed E-state index contributed by atoms with van der Waals surface area (Å²) in [5.74, 6) is 0.664. The van der Waals surface area contributed by atoms with Crippen molar-refractivity contribution in [2.24, 2.45) is 11.7 Å². The number of nitrogens with zero attached hydrogens (tertiary/aromatic N) is 2. The van der Waals surface area contributed by atoms with Crippen molar-refractivity contribution in [1.29, 1.82) is 0 Å². The maximum atomic E-state index is 12.8. The largest absolute Gasteiger partial charge is 0.341 e. The Morgan fingerprint density at radius 1 is 1.22 bits per heavy atom. The molecule has 1 aromatic heterocycles. The summed E-state index contributed by atoms with van der Waals surface area (Å²) in [6, 6.07) is 3.44. The first-order chi connectivity index (χ1) is 10.7. The van der Waals surface area contributed by atoms with Crippen LogP contribution in [0, 0.1) is 5.92 Å². The van der Waals surface area contributed by atoms with Crippen LogP contribution in [0.4, 0.5) is 0 Å². The van der Waals surface area contributed by atoms with Gasteiger partial charge in [-0.15, -0.1) is 23.7 Å². The highest BCUT2D eigenvalue weighted by Crippen LogP contribution is 2.25. The van der Waals surface area contributed by atoms with Crippen molar-refractivity contribution >= 4 is 35.6 Å². The molecular weight excluding hydrogens is 334 g/mol. The molecule has 2 fully saturated rings. The molecular formula is C16H24ClN3O2S. The number of hydrogen-bond donors (Lipinski definition) is 1. The predicted molar refractivity (Wildman–Crippen MR) is 94.0 cm³/mol. The Kier molecular flexibility index (Phi) is 6.44. The zero-order valence-electron chi connectivity index (χ0n) is 13.1. The molecule has 2 aliphatic rings. The minimum Gasteiger partial charge on any atom is -0.341 e. The van der Waals surface area contributed by atoms with Crippen molar-refractivity contribution in [2.45, 2.75) is 31.7 Å². The second-order valence-electron chi connectivity index (χ2n) is 6.14. The highest BCUT2D eigenvalue weighted by molar-refractivity contribution is 7.12. The molecule has 5 nitrogen and oxygen atoms in total. The van der Waals surface area contributed by atoms with E-state index in [0.717, 1.165) is 43.6 Å². The van der Waals surface area contributed by atoms with Gasteiger partial charge in [-0.25, -0.2) is 0 Å². The summed E-state index contributed by atoms with van der Waals surface area (Å²) >= 11 is 1.44. The summed E-state index contributed by atoms with van der Waals surface area (Å²) in [6.07, 6.45) is 3.65. The molecule has 0 saturated carbocycles. The molecule has 7 heteroatoms. The Hall–Kier alpha value is -1.11. The molecule has 1 aromatic rings. The summed E-state index contributed by atoms with van der Waals surface area (Å²) in [5.41, 5.74) is 5.71. The smallest absolute Gasteiger partial charge is 0.264 e. The van der Waals surface area contributed by atoms with Gasteiger partial charge in [0.05, 0.1) is 4.88 Å². The van der Waals surface area contributed by atoms with Crippen LogP contribution < -0.4 is 5.73 Å². The molecule has 1 atom stereocenters. The van der Waals surface area contributed by atoms with Crippen LogP contribution in [0.15, 0.2) is 17.5 Å². The van der Waals surface area contributed by atoms with Crippen molar-refractivity contribution in [2.75, 3.05) is 26.2 Å². The molecule has 0 aliphatic carbocycles. The Balaban J connectivity index is 0.00000192. The van der Waals surface area contributed by atoms with E-state index in [4.69, 9.17) is 5.73 Å². The summed E-state index contributed by atoms with van der Waals surface area (Å²) in [7, 11) is 0. The zero-order valence-corrected chi connectivity index (χ0v) is 14.8. The van der Waals surface area contributed by atoms with Gasteiger partial charge < -0.3 is 15.5 Å². The Morgan fingerprint density at radius 3 is 2.57 bits per heavy atom. The summed E-state index contributed by atoms with van der Waals surface area (Å²) in [6.45, 7) is 2.94. The highest BCUT2D eigenvalue weighted by atomic mass is 35.5. The molecule has 0 aromatic carbocycles. The number of nitrogens with two attached hydrogens (primary N) is 1. The summed E-state index contributed by atoms with van der Waals surface area (Å²) in [5, 5.41) is 1.90. The maximum absolute atomic E-state index is 12.8. The molecule has 2 saturated heterocycles. The van der Waals surface area contributed by atoms with Gasteiger partial charge in [0.15, 0.2) is 0 Å². The minimum atomic E-state index is -0.274. The highest BCUT2D eigenvalue weighted by Gasteiger charge is 2.37. The van der Waals surface area contributed by atoms with Crippen LogP contribution in [0.5, 0.6) is 0 Å². The Morgan fingerprint density at radius 2 is 1.96 bits per heavy atom. The van der Waals surface area contributed by atoms with E-state index in [-0.39, 0.29) is 30.3 Å². The van der Waals surface area contributed by atoms with Crippen LogP contribution in [-0.4, -0.2) is 53.8 Å². The van der Waals surface area contributed by atoms with E-state index in [1.54, 1.807) is 4.90 Å². The predicted octanol–water partition coefficient (Wildman–Crippen LogP) is 1.97. The molecule has 128 valence electrons. The topological polar surface area (TPSA) is 66.6 Å². The first-order valence-electron chi connectivity index (χ1n) is 8.04. The number of likely N-dealkylation sites (tertiary alicyclic amines) is 2. The van der Waals surface area contributed by atoms with Gasteiger partial charge in [-0.1, -0.05) is 6.07 Å². The van der Waals surface area contributed by atoms with Crippen LogP contribution in [0.25, 0.3) is 0 Å². The third kappa shape index (κ3) is 3.87. The lowest BCUT2D eigenvalue weighted by atomic mass is 9.96. The number of halogens is 1. The zero-order chi connectivity index (χ0) is 15.5. The lowest BCUT2D eigenvalue weighted by Crippen LogP contribution is -2.50. The first kappa shape index (κ1) is 18.2. The van der Waals surface area contributed by atoms with Crippen molar-refractivity contribution in [3.05, 3.63) is 22.4 Å². The number of carbonyl (C=O) groups excluding carboxylic acids is 2. The molecule has 2 amide bonds. The fourth-order valence-electron chi connectivity index (χ4n) is 3.41. The quantitative estimate of drug-likeness (QED) is 0.899. The van der Waals surface area contributed by atoms with Crippen LogP contribution in [-0.2, 0) is 4.79 Å². The van der Waals surface area contributed by atoms with Crippen molar-refractivity contribution in [1.82, 2.24) is 9.80 Å². The SMILES string of the molecule is Cl.NCC1CCN(C(=O)C2CCCN2C(=O)c2cccs2)CC1. The van der Waals surface area contributed by atoms with Gasteiger partial charge in [-0.05, 0) is 49.6 Å².